The van der Waals surface area contributed by atoms with Crippen molar-refractivity contribution in [3.05, 3.63) is 16.1 Å². The van der Waals surface area contributed by atoms with Gasteiger partial charge in [0.05, 0.1) is 17.2 Å². The zero-order valence-corrected chi connectivity index (χ0v) is 12.9. The molecule has 1 aliphatic rings. The lowest BCUT2D eigenvalue weighted by atomic mass is 9.77. The minimum absolute atomic E-state index is 0.0612. The zero-order valence-electron chi connectivity index (χ0n) is 12.0. The van der Waals surface area contributed by atoms with E-state index in [1.807, 2.05) is 5.38 Å². The second kappa shape index (κ2) is 4.98. The van der Waals surface area contributed by atoms with Crippen molar-refractivity contribution >= 4 is 11.3 Å². The Balaban J connectivity index is 2.12. The van der Waals surface area contributed by atoms with E-state index in [0.29, 0.717) is 12.8 Å². The Hall–Kier alpha value is -0.620. The quantitative estimate of drug-likeness (QED) is 0.838. The average molecular weight is 306 g/mol. The van der Waals surface area contributed by atoms with Crippen LogP contribution in [-0.2, 0) is 11.0 Å². The SMILES string of the molecule is CC(C)(C)c1csc(C2(N)CCC(C(F)(F)F)CC2)n1. The molecule has 1 aromatic rings. The molecule has 2 N–H and O–H groups in total. The van der Waals surface area contributed by atoms with Crippen LogP contribution in [0.25, 0.3) is 0 Å². The molecule has 0 spiro atoms. The smallest absolute Gasteiger partial charge is 0.319 e. The minimum Gasteiger partial charge on any atom is -0.319 e. The second-order valence-electron chi connectivity index (χ2n) is 6.76. The number of hydrogen-bond acceptors (Lipinski definition) is 3. The summed E-state index contributed by atoms with van der Waals surface area (Å²) in [6, 6.07) is 0. The second-order valence-corrected chi connectivity index (χ2v) is 7.62. The van der Waals surface area contributed by atoms with Gasteiger partial charge >= 0.3 is 6.18 Å². The van der Waals surface area contributed by atoms with E-state index in [-0.39, 0.29) is 18.3 Å². The van der Waals surface area contributed by atoms with Crippen LogP contribution in [0.4, 0.5) is 13.2 Å². The van der Waals surface area contributed by atoms with Crippen molar-refractivity contribution in [1.29, 1.82) is 0 Å². The van der Waals surface area contributed by atoms with Gasteiger partial charge < -0.3 is 5.73 Å². The van der Waals surface area contributed by atoms with E-state index in [1.54, 1.807) is 0 Å². The number of rotatable bonds is 1. The summed E-state index contributed by atoms with van der Waals surface area (Å²) >= 11 is 1.47. The van der Waals surface area contributed by atoms with Crippen molar-refractivity contribution in [1.82, 2.24) is 4.98 Å². The normalized spacial score (nSPS) is 28.6. The largest absolute Gasteiger partial charge is 0.391 e. The van der Waals surface area contributed by atoms with Gasteiger partial charge in [0.1, 0.15) is 5.01 Å². The summed E-state index contributed by atoms with van der Waals surface area (Å²) in [5.74, 6) is -1.21. The molecule has 0 bridgehead atoms. The summed E-state index contributed by atoms with van der Waals surface area (Å²) in [4.78, 5) is 4.58. The number of aromatic nitrogens is 1. The van der Waals surface area contributed by atoms with Gasteiger partial charge in [0.2, 0.25) is 0 Å². The van der Waals surface area contributed by atoms with Crippen LogP contribution in [0.3, 0.4) is 0 Å². The monoisotopic (exact) mass is 306 g/mol. The third-order valence-electron chi connectivity index (χ3n) is 4.04. The van der Waals surface area contributed by atoms with E-state index in [1.165, 1.54) is 11.3 Å². The Morgan fingerprint density at radius 3 is 2.20 bits per heavy atom. The van der Waals surface area contributed by atoms with Crippen molar-refractivity contribution in [3.8, 4) is 0 Å². The van der Waals surface area contributed by atoms with Crippen LogP contribution in [0, 0.1) is 5.92 Å². The highest BCUT2D eigenvalue weighted by molar-refractivity contribution is 7.09. The molecule has 114 valence electrons. The lowest BCUT2D eigenvalue weighted by molar-refractivity contribution is -0.184. The lowest BCUT2D eigenvalue weighted by Crippen LogP contribution is -2.43. The highest BCUT2D eigenvalue weighted by atomic mass is 32.1. The summed E-state index contributed by atoms with van der Waals surface area (Å²) in [6.07, 6.45) is -3.18. The van der Waals surface area contributed by atoms with Gasteiger partial charge in [0, 0.05) is 10.8 Å². The molecule has 1 aromatic heterocycles. The molecule has 0 aliphatic heterocycles. The molecule has 0 atom stereocenters. The van der Waals surface area contributed by atoms with Gasteiger partial charge in [0.15, 0.2) is 0 Å². The molecule has 0 radical (unpaired) electrons. The third-order valence-corrected chi connectivity index (χ3v) is 5.10. The van der Waals surface area contributed by atoms with Crippen LogP contribution in [0.2, 0.25) is 0 Å². The Morgan fingerprint density at radius 1 is 1.25 bits per heavy atom. The van der Waals surface area contributed by atoms with Crippen molar-refractivity contribution in [2.45, 2.75) is 63.6 Å². The number of hydrogen-bond donors (Lipinski definition) is 1. The fourth-order valence-corrected chi connectivity index (χ4v) is 3.74. The standard InChI is InChI=1S/C14H21F3N2S/c1-12(2,3)10-8-20-11(19-10)13(18)6-4-9(5-7-13)14(15,16)17/h8-9H,4-7,18H2,1-3H3. The number of alkyl halides is 3. The van der Waals surface area contributed by atoms with Crippen LogP contribution in [-0.4, -0.2) is 11.2 Å². The molecule has 1 saturated carbocycles. The van der Waals surface area contributed by atoms with Crippen LogP contribution >= 0.6 is 11.3 Å². The highest BCUT2D eigenvalue weighted by Gasteiger charge is 2.46. The molecule has 1 heterocycles. The first kappa shape index (κ1) is 15.8. The van der Waals surface area contributed by atoms with Crippen molar-refractivity contribution in [2.75, 3.05) is 0 Å². The molecule has 0 aromatic carbocycles. The summed E-state index contributed by atoms with van der Waals surface area (Å²) < 4.78 is 38.1. The minimum atomic E-state index is -4.10. The lowest BCUT2D eigenvalue weighted by Gasteiger charge is -2.36. The molecule has 1 fully saturated rings. The fraction of sp³-hybridized carbons (Fsp3) is 0.786. The van der Waals surface area contributed by atoms with Gasteiger partial charge in [-0.1, -0.05) is 20.8 Å². The zero-order chi connectivity index (χ0) is 15.2. The van der Waals surface area contributed by atoms with E-state index in [2.05, 4.69) is 25.8 Å². The Morgan fingerprint density at radius 2 is 1.80 bits per heavy atom. The third kappa shape index (κ3) is 3.17. The Bertz CT molecular complexity index is 465. The van der Waals surface area contributed by atoms with Gasteiger partial charge in [-0.3, -0.25) is 0 Å². The predicted molar refractivity (Wildman–Crippen MR) is 74.7 cm³/mol. The molecule has 0 amide bonds. The Kier molecular flexibility index (Phi) is 3.93. The maximum Gasteiger partial charge on any atom is 0.391 e. The van der Waals surface area contributed by atoms with Gasteiger partial charge in [-0.2, -0.15) is 13.2 Å². The molecular weight excluding hydrogens is 285 g/mol. The predicted octanol–water partition coefficient (Wildman–Crippen LogP) is 4.35. The Labute approximate surface area is 121 Å². The molecule has 2 nitrogen and oxygen atoms in total. The number of nitrogens with zero attached hydrogens (tertiary/aromatic N) is 1. The number of nitrogens with two attached hydrogens (primary N) is 1. The number of halogens is 3. The first-order valence-corrected chi connectivity index (χ1v) is 7.72. The molecule has 0 saturated heterocycles. The van der Waals surface area contributed by atoms with E-state index < -0.39 is 17.6 Å². The van der Waals surface area contributed by atoms with Crippen LogP contribution in [0.1, 0.15) is 57.2 Å². The van der Waals surface area contributed by atoms with E-state index in [9.17, 15) is 13.2 Å². The van der Waals surface area contributed by atoms with Gasteiger partial charge in [-0.05, 0) is 25.7 Å². The summed E-state index contributed by atoms with van der Waals surface area (Å²) in [5.41, 5.74) is 6.54. The highest BCUT2D eigenvalue weighted by Crippen LogP contribution is 2.44. The maximum absolute atomic E-state index is 12.7. The van der Waals surface area contributed by atoms with E-state index in [0.717, 1.165) is 10.7 Å². The van der Waals surface area contributed by atoms with Crippen LogP contribution < -0.4 is 5.73 Å². The maximum atomic E-state index is 12.7. The van der Waals surface area contributed by atoms with Crippen molar-refractivity contribution < 1.29 is 13.2 Å². The van der Waals surface area contributed by atoms with Gasteiger partial charge in [-0.25, -0.2) is 4.98 Å². The van der Waals surface area contributed by atoms with Crippen LogP contribution in [0.5, 0.6) is 0 Å². The molecule has 2 rings (SSSR count). The van der Waals surface area contributed by atoms with Crippen molar-refractivity contribution in [3.63, 3.8) is 0 Å². The fourth-order valence-electron chi connectivity index (χ4n) is 2.52. The van der Waals surface area contributed by atoms with E-state index >= 15 is 0 Å². The first-order chi connectivity index (χ1) is 9.02. The molecule has 0 unspecified atom stereocenters. The summed E-state index contributed by atoms with van der Waals surface area (Å²) in [6.45, 7) is 6.20. The summed E-state index contributed by atoms with van der Waals surface area (Å²) in [5, 5.41) is 2.75. The first-order valence-electron chi connectivity index (χ1n) is 6.84. The van der Waals surface area contributed by atoms with Gasteiger partial charge in [0.25, 0.3) is 0 Å². The topological polar surface area (TPSA) is 38.9 Å². The molecule has 6 heteroatoms. The van der Waals surface area contributed by atoms with Gasteiger partial charge in [-0.15, -0.1) is 11.3 Å². The molecule has 20 heavy (non-hydrogen) atoms. The molecule has 1 aliphatic carbocycles. The molecular formula is C14H21F3N2S. The van der Waals surface area contributed by atoms with Crippen LogP contribution in [0.15, 0.2) is 5.38 Å². The average Bonchev–Trinajstić information content (AvgIpc) is 2.77. The van der Waals surface area contributed by atoms with Crippen molar-refractivity contribution in [2.24, 2.45) is 11.7 Å². The summed E-state index contributed by atoms with van der Waals surface area (Å²) in [7, 11) is 0. The number of thiazole rings is 1. The van der Waals surface area contributed by atoms with E-state index in [4.69, 9.17) is 5.73 Å².